The number of hydrogen-bond acceptors (Lipinski definition) is 4. The van der Waals surface area contributed by atoms with Crippen LogP contribution < -0.4 is 10.5 Å². The summed E-state index contributed by atoms with van der Waals surface area (Å²) < 4.78 is 7.80. The molecule has 1 saturated heterocycles. The molecule has 0 saturated carbocycles. The second kappa shape index (κ2) is 11.0. The lowest BCUT2D eigenvalue weighted by atomic mass is 10.00. The van der Waals surface area contributed by atoms with Gasteiger partial charge < -0.3 is 15.4 Å². The van der Waals surface area contributed by atoms with Gasteiger partial charge in [-0.3, -0.25) is 0 Å². The minimum atomic E-state index is 0.573. The van der Waals surface area contributed by atoms with Crippen LogP contribution in [0.4, 0.5) is 5.82 Å². The van der Waals surface area contributed by atoms with Crippen LogP contribution in [0, 0.1) is 12.8 Å². The Hall–Kier alpha value is -1.75. The fourth-order valence-corrected chi connectivity index (χ4v) is 3.00. The Morgan fingerprint density at radius 1 is 1.40 bits per heavy atom. The normalized spacial score (nSPS) is 19.0. The summed E-state index contributed by atoms with van der Waals surface area (Å²) in [7, 11) is 2.17. The fraction of sp³-hybridized carbons (Fsp3) is 0.650. The smallest absolute Gasteiger partial charge is 0.238 e. The molecule has 0 bridgehead atoms. The quantitative estimate of drug-likeness (QED) is 0.777. The summed E-state index contributed by atoms with van der Waals surface area (Å²) in [6.07, 6.45) is 9.38. The summed E-state index contributed by atoms with van der Waals surface area (Å²) in [5, 5.41) is 4.59. The maximum atomic E-state index is 6.23. The molecular weight excluding hydrogens is 312 g/mol. The van der Waals surface area contributed by atoms with E-state index >= 15 is 0 Å². The van der Waals surface area contributed by atoms with Crippen molar-refractivity contribution in [2.75, 3.05) is 32.5 Å². The Bertz CT molecular complexity index is 574. The van der Waals surface area contributed by atoms with Crippen molar-refractivity contribution in [1.82, 2.24) is 14.7 Å². The molecule has 1 aliphatic rings. The summed E-state index contributed by atoms with van der Waals surface area (Å²) in [5.41, 5.74) is 8.22. The number of hydrogen-bond donors (Lipinski definition) is 1. The number of allylic oxidation sites excluding steroid dienone is 4. The summed E-state index contributed by atoms with van der Waals surface area (Å²) >= 11 is 0. The average molecular weight is 349 g/mol. The number of anilines is 1. The van der Waals surface area contributed by atoms with Crippen LogP contribution in [0.5, 0.6) is 5.88 Å². The minimum Gasteiger partial charge on any atom is -0.476 e. The SMILES string of the molecule is C/C=C\C=C(/CC)n1nc(OCC2CCCN(C)C2)c(C)c1N.CC. The molecule has 5 heteroatoms. The highest BCUT2D eigenvalue weighted by atomic mass is 16.5. The van der Waals surface area contributed by atoms with Gasteiger partial charge in [0.15, 0.2) is 0 Å². The lowest BCUT2D eigenvalue weighted by molar-refractivity contribution is 0.147. The van der Waals surface area contributed by atoms with E-state index in [4.69, 9.17) is 10.5 Å². The predicted molar refractivity (Wildman–Crippen MR) is 108 cm³/mol. The van der Waals surface area contributed by atoms with Crippen molar-refractivity contribution in [1.29, 1.82) is 0 Å². The lowest BCUT2D eigenvalue weighted by Crippen LogP contribution is -2.34. The number of aromatic nitrogens is 2. The van der Waals surface area contributed by atoms with Crippen LogP contribution >= 0.6 is 0 Å². The predicted octanol–water partition coefficient (Wildman–Crippen LogP) is 4.35. The lowest BCUT2D eigenvalue weighted by Gasteiger charge is -2.29. The van der Waals surface area contributed by atoms with Crippen molar-refractivity contribution in [3.63, 3.8) is 0 Å². The molecule has 0 amide bonds. The van der Waals surface area contributed by atoms with Crippen molar-refractivity contribution in [2.45, 2.75) is 53.9 Å². The van der Waals surface area contributed by atoms with Crippen LogP contribution in [0.15, 0.2) is 18.2 Å². The third kappa shape index (κ3) is 5.92. The van der Waals surface area contributed by atoms with Crippen molar-refractivity contribution < 1.29 is 4.74 Å². The Kier molecular flexibility index (Phi) is 9.35. The zero-order chi connectivity index (χ0) is 18.8. The van der Waals surface area contributed by atoms with E-state index in [2.05, 4.69) is 24.0 Å². The number of nitrogens with two attached hydrogens (primary N) is 1. The molecule has 2 rings (SSSR count). The van der Waals surface area contributed by atoms with E-state index in [1.165, 1.54) is 19.4 Å². The summed E-state index contributed by atoms with van der Waals surface area (Å²) in [6, 6.07) is 0. The highest BCUT2D eigenvalue weighted by Crippen LogP contribution is 2.27. The van der Waals surface area contributed by atoms with Crippen LogP contribution in [0.1, 0.15) is 52.5 Å². The van der Waals surface area contributed by atoms with E-state index in [1.807, 2.05) is 45.9 Å². The number of nitrogen functional groups attached to an aromatic ring is 1. The zero-order valence-electron chi connectivity index (χ0n) is 16.9. The first-order valence-electron chi connectivity index (χ1n) is 9.55. The number of ether oxygens (including phenoxy) is 1. The van der Waals surface area contributed by atoms with E-state index in [1.54, 1.807) is 4.68 Å². The van der Waals surface area contributed by atoms with Crippen molar-refractivity contribution in [3.05, 3.63) is 23.8 Å². The number of piperidine rings is 1. The monoisotopic (exact) mass is 348 g/mol. The molecule has 2 heterocycles. The summed E-state index contributed by atoms with van der Waals surface area (Å²) in [4.78, 5) is 2.37. The first-order valence-corrected chi connectivity index (χ1v) is 9.55. The van der Waals surface area contributed by atoms with Gasteiger partial charge in [-0.05, 0) is 52.8 Å². The molecule has 142 valence electrons. The van der Waals surface area contributed by atoms with Crippen LogP contribution in [0.3, 0.4) is 0 Å². The van der Waals surface area contributed by atoms with Crippen LogP contribution in [0.2, 0.25) is 0 Å². The minimum absolute atomic E-state index is 0.573. The first-order chi connectivity index (χ1) is 12.1. The standard InChI is InChI=1S/C18H30N4O.C2H6/c1-5-7-10-16(6-2)22-17(19)14(3)18(20-22)23-13-15-9-8-11-21(4)12-15;1-2/h5,7,10,15H,6,8-9,11-13,19H2,1-4H3;1-2H3/b7-5-,16-10+;. The van der Waals surface area contributed by atoms with Gasteiger partial charge in [0.2, 0.25) is 5.88 Å². The Labute approximate surface area is 153 Å². The summed E-state index contributed by atoms with van der Waals surface area (Å²) in [5.74, 6) is 1.90. The highest BCUT2D eigenvalue weighted by Gasteiger charge is 2.20. The largest absolute Gasteiger partial charge is 0.476 e. The Morgan fingerprint density at radius 3 is 2.72 bits per heavy atom. The van der Waals surface area contributed by atoms with Crippen molar-refractivity contribution in [2.24, 2.45) is 5.92 Å². The molecule has 0 radical (unpaired) electrons. The van der Waals surface area contributed by atoms with Crippen LogP contribution in [0.25, 0.3) is 5.70 Å². The Morgan fingerprint density at radius 2 is 2.12 bits per heavy atom. The van der Waals surface area contributed by atoms with Gasteiger partial charge in [-0.25, -0.2) is 4.68 Å². The van der Waals surface area contributed by atoms with Crippen LogP contribution in [-0.4, -0.2) is 41.4 Å². The van der Waals surface area contributed by atoms with Crippen molar-refractivity contribution >= 4 is 11.5 Å². The molecule has 0 spiro atoms. The summed E-state index contributed by atoms with van der Waals surface area (Å²) in [6.45, 7) is 13.1. The first kappa shape index (κ1) is 21.3. The zero-order valence-corrected chi connectivity index (χ0v) is 16.9. The average Bonchev–Trinajstić information content (AvgIpc) is 2.91. The number of nitrogens with zero attached hydrogens (tertiary/aromatic N) is 3. The maximum Gasteiger partial charge on any atom is 0.238 e. The third-order valence-electron chi connectivity index (χ3n) is 4.42. The Balaban J connectivity index is 0.00000151. The molecule has 2 N–H and O–H groups in total. The van der Waals surface area contributed by atoms with E-state index in [9.17, 15) is 0 Å². The second-order valence-corrected chi connectivity index (χ2v) is 6.35. The topological polar surface area (TPSA) is 56.3 Å². The van der Waals surface area contributed by atoms with Gasteiger partial charge in [-0.1, -0.05) is 32.9 Å². The van der Waals surface area contributed by atoms with Gasteiger partial charge in [-0.15, -0.1) is 5.10 Å². The molecule has 1 unspecified atom stereocenters. The third-order valence-corrected chi connectivity index (χ3v) is 4.42. The maximum absolute atomic E-state index is 6.23. The molecule has 1 atom stereocenters. The molecule has 0 aromatic carbocycles. The molecule has 1 aromatic heterocycles. The number of rotatable bonds is 6. The van der Waals surface area contributed by atoms with Gasteiger partial charge in [0, 0.05) is 18.2 Å². The number of likely N-dealkylation sites (tertiary alicyclic amines) is 1. The highest BCUT2D eigenvalue weighted by molar-refractivity contribution is 5.58. The molecule has 5 nitrogen and oxygen atoms in total. The van der Waals surface area contributed by atoms with Gasteiger partial charge in [0.25, 0.3) is 0 Å². The molecule has 1 aromatic rings. The molecule has 0 aliphatic carbocycles. The van der Waals surface area contributed by atoms with E-state index < -0.39 is 0 Å². The van der Waals surface area contributed by atoms with E-state index in [0.717, 1.165) is 24.2 Å². The van der Waals surface area contributed by atoms with Crippen molar-refractivity contribution in [3.8, 4) is 5.88 Å². The van der Waals surface area contributed by atoms with Gasteiger partial charge >= 0.3 is 0 Å². The fourth-order valence-electron chi connectivity index (χ4n) is 3.00. The molecule has 25 heavy (non-hydrogen) atoms. The van der Waals surface area contributed by atoms with Crippen LogP contribution in [-0.2, 0) is 0 Å². The van der Waals surface area contributed by atoms with Gasteiger partial charge in [0.05, 0.1) is 12.2 Å². The second-order valence-electron chi connectivity index (χ2n) is 6.35. The van der Waals surface area contributed by atoms with E-state index in [-0.39, 0.29) is 0 Å². The molecule has 1 fully saturated rings. The van der Waals surface area contributed by atoms with E-state index in [0.29, 0.717) is 24.2 Å². The molecular formula is C20H36N4O. The molecule has 1 aliphatic heterocycles. The van der Waals surface area contributed by atoms with Gasteiger partial charge in [-0.2, -0.15) is 0 Å². The van der Waals surface area contributed by atoms with Gasteiger partial charge in [0.1, 0.15) is 5.82 Å².